The van der Waals surface area contributed by atoms with Crippen molar-refractivity contribution in [2.45, 2.75) is 6.54 Å². The van der Waals surface area contributed by atoms with E-state index >= 15 is 0 Å². The zero-order valence-corrected chi connectivity index (χ0v) is 9.07. The first kappa shape index (κ1) is 10.8. The molecule has 0 aliphatic heterocycles. The van der Waals surface area contributed by atoms with Gasteiger partial charge < -0.3 is 5.32 Å². The van der Waals surface area contributed by atoms with Gasteiger partial charge in [-0.2, -0.15) is 0 Å². The van der Waals surface area contributed by atoms with Crippen molar-refractivity contribution in [2.75, 3.05) is 7.05 Å². The molecule has 2 nitrogen and oxygen atoms in total. The smallest absolute Gasteiger partial charge is 0.131 e. The van der Waals surface area contributed by atoms with Gasteiger partial charge in [-0.05, 0) is 30.8 Å². The largest absolute Gasteiger partial charge is 0.316 e. The van der Waals surface area contributed by atoms with E-state index in [4.69, 9.17) is 0 Å². The number of nitrogens with zero attached hydrogens (tertiary/aromatic N) is 1. The van der Waals surface area contributed by atoms with Crippen molar-refractivity contribution in [3.63, 3.8) is 0 Å². The number of halogens is 1. The quantitative estimate of drug-likeness (QED) is 0.853. The van der Waals surface area contributed by atoms with Gasteiger partial charge in [0.15, 0.2) is 0 Å². The SMILES string of the molecule is CNCc1ccc(F)c(-c2cccnc2)c1. The van der Waals surface area contributed by atoms with E-state index in [2.05, 4.69) is 10.3 Å². The van der Waals surface area contributed by atoms with Crippen LogP contribution >= 0.6 is 0 Å². The second-order valence-electron chi connectivity index (χ2n) is 3.59. The predicted molar refractivity (Wildman–Crippen MR) is 62.4 cm³/mol. The Balaban J connectivity index is 2.43. The van der Waals surface area contributed by atoms with Crippen LogP contribution in [0.2, 0.25) is 0 Å². The summed E-state index contributed by atoms with van der Waals surface area (Å²) in [6.45, 7) is 0.730. The molecule has 1 aromatic carbocycles. The highest BCUT2D eigenvalue weighted by atomic mass is 19.1. The Labute approximate surface area is 94.2 Å². The number of aromatic nitrogens is 1. The van der Waals surface area contributed by atoms with E-state index in [0.717, 1.165) is 17.7 Å². The molecule has 2 aromatic rings. The van der Waals surface area contributed by atoms with Gasteiger partial charge in [0.25, 0.3) is 0 Å². The first-order valence-corrected chi connectivity index (χ1v) is 5.14. The van der Waals surface area contributed by atoms with E-state index in [1.54, 1.807) is 24.5 Å². The minimum absolute atomic E-state index is 0.215. The molecule has 3 heteroatoms. The van der Waals surface area contributed by atoms with Crippen molar-refractivity contribution in [1.29, 1.82) is 0 Å². The molecule has 0 aliphatic rings. The third-order valence-electron chi connectivity index (χ3n) is 2.38. The van der Waals surface area contributed by atoms with E-state index < -0.39 is 0 Å². The number of rotatable bonds is 3. The van der Waals surface area contributed by atoms with Gasteiger partial charge in [0, 0.05) is 30.1 Å². The molecule has 1 aromatic heterocycles. The maximum atomic E-state index is 13.6. The molecule has 1 heterocycles. The topological polar surface area (TPSA) is 24.9 Å². The lowest BCUT2D eigenvalue weighted by atomic mass is 10.0. The summed E-state index contributed by atoms with van der Waals surface area (Å²) in [5.41, 5.74) is 2.46. The summed E-state index contributed by atoms with van der Waals surface area (Å²) in [5.74, 6) is -0.215. The number of hydrogen-bond donors (Lipinski definition) is 1. The summed E-state index contributed by atoms with van der Waals surface area (Å²) < 4.78 is 13.6. The van der Waals surface area contributed by atoms with Crippen molar-refractivity contribution in [3.8, 4) is 11.1 Å². The number of benzene rings is 1. The van der Waals surface area contributed by atoms with Crippen LogP contribution in [0.15, 0.2) is 42.7 Å². The molecule has 0 radical (unpaired) electrons. The number of pyridine rings is 1. The van der Waals surface area contributed by atoms with Crippen LogP contribution in [0.1, 0.15) is 5.56 Å². The Morgan fingerprint density at radius 2 is 2.19 bits per heavy atom. The van der Waals surface area contributed by atoms with Crippen molar-refractivity contribution in [1.82, 2.24) is 10.3 Å². The Bertz CT molecular complexity index is 469. The Morgan fingerprint density at radius 3 is 2.88 bits per heavy atom. The van der Waals surface area contributed by atoms with Gasteiger partial charge in [0.2, 0.25) is 0 Å². The highest BCUT2D eigenvalue weighted by Crippen LogP contribution is 2.22. The van der Waals surface area contributed by atoms with Gasteiger partial charge >= 0.3 is 0 Å². The van der Waals surface area contributed by atoms with Crippen molar-refractivity contribution >= 4 is 0 Å². The lowest BCUT2D eigenvalue weighted by Gasteiger charge is -2.06. The third-order valence-corrected chi connectivity index (χ3v) is 2.38. The molecule has 0 amide bonds. The number of hydrogen-bond acceptors (Lipinski definition) is 2. The first-order chi connectivity index (χ1) is 7.81. The summed E-state index contributed by atoms with van der Waals surface area (Å²) in [7, 11) is 1.87. The molecule has 0 saturated carbocycles. The molecule has 0 bridgehead atoms. The van der Waals surface area contributed by atoms with Crippen LogP contribution < -0.4 is 5.32 Å². The fraction of sp³-hybridized carbons (Fsp3) is 0.154. The monoisotopic (exact) mass is 216 g/mol. The zero-order valence-electron chi connectivity index (χ0n) is 9.07. The Morgan fingerprint density at radius 1 is 1.31 bits per heavy atom. The van der Waals surface area contributed by atoms with Gasteiger partial charge in [-0.25, -0.2) is 4.39 Å². The summed E-state index contributed by atoms with van der Waals surface area (Å²) in [5, 5.41) is 3.04. The van der Waals surface area contributed by atoms with Crippen LogP contribution in [0, 0.1) is 5.82 Å². The van der Waals surface area contributed by atoms with E-state index in [0.29, 0.717) is 5.56 Å². The first-order valence-electron chi connectivity index (χ1n) is 5.14. The highest BCUT2D eigenvalue weighted by Gasteiger charge is 2.05. The van der Waals surface area contributed by atoms with Crippen molar-refractivity contribution < 1.29 is 4.39 Å². The molecule has 1 N–H and O–H groups in total. The molecule has 0 atom stereocenters. The maximum Gasteiger partial charge on any atom is 0.131 e. The van der Waals surface area contributed by atoms with Crippen LogP contribution in [0.5, 0.6) is 0 Å². The average Bonchev–Trinajstić information content (AvgIpc) is 2.33. The lowest BCUT2D eigenvalue weighted by Crippen LogP contribution is -2.05. The summed E-state index contributed by atoms with van der Waals surface area (Å²) in [6, 6.07) is 8.79. The van der Waals surface area contributed by atoms with Crippen LogP contribution in [-0.4, -0.2) is 12.0 Å². The van der Waals surface area contributed by atoms with Crippen LogP contribution in [0.3, 0.4) is 0 Å². The third kappa shape index (κ3) is 2.25. The van der Waals surface area contributed by atoms with Crippen LogP contribution in [0.25, 0.3) is 11.1 Å². The minimum Gasteiger partial charge on any atom is -0.316 e. The summed E-state index contributed by atoms with van der Waals surface area (Å²) in [6.07, 6.45) is 3.35. The predicted octanol–water partition coefficient (Wildman–Crippen LogP) is 2.61. The van der Waals surface area contributed by atoms with Gasteiger partial charge in [-0.1, -0.05) is 12.1 Å². The van der Waals surface area contributed by atoms with E-state index in [-0.39, 0.29) is 5.82 Å². The van der Waals surface area contributed by atoms with Gasteiger partial charge in [0.1, 0.15) is 5.82 Å². The van der Waals surface area contributed by atoms with Crippen molar-refractivity contribution in [2.24, 2.45) is 0 Å². The molecule has 16 heavy (non-hydrogen) atoms. The molecule has 0 saturated heterocycles. The normalized spacial score (nSPS) is 10.4. The van der Waals surface area contributed by atoms with E-state index in [1.807, 2.05) is 19.2 Å². The van der Waals surface area contributed by atoms with Gasteiger partial charge in [0.05, 0.1) is 0 Å². The summed E-state index contributed by atoms with van der Waals surface area (Å²) >= 11 is 0. The second kappa shape index (κ2) is 4.86. The second-order valence-corrected chi connectivity index (χ2v) is 3.59. The molecule has 0 fully saturated rings. The molecule has 0 spiro atoms. The van der Waals surface area contributed by atoms with E-state index in [9.17, 15) is 4.39 Å². The lowest BCUT2D eigenvalue weighted by molar-refractivity contribution is 0.630. The molecular weight excluding hydrogens is 203 g/mol. The van der Waals surface area contributed by atoms with Gasteiger partial charge in [-0.15, -0.1) is 0 Å². The molecule has 0 aliphatic carbocycles. The van der Waals surface area contributed by atoms with E-state index in [1.165, 1.54) is 6.07 Å². The maximum absolute atomic E-state index is 13.6. The van der Waals surface area contributed by atoms with Crippen molar-refractivity contribution in [3.05, 3.63) is 54.1 Å². The average molecular weight is 216 g/mol. The zero-order chi connectivity index (χ0) is 11.4. The summed E-state index contributed by atoms with van der Waals surface area (Å²) in [4.78, 5) is 4.00. The standard InChI is InChI=1S/C13H13FN2/c1-15-8-10-4-5-13(14)12(7-10)11-3-2-6-16-9-11/h2-7,9,15H,8H2,1H3. The van der Waals surface area contributed by atoms with Crippen LogP contribution in [0.4, 0.5) is 4.39 Å². The number of nitrogens with one attached hydrogen (secondary N) is 1. The molecule has 0 unspecified atom stereocenters. The Kier molecular flexibility index (Phi) is 3.27. The fourth-order valence-corrected chi connectivity index (χ4v) is 1.63. The molecule has 82 valence electrons. The van der Waals surface area contributed by atoms with Gasteiger partial charge in [-0.3, -0.25) is 4.98 Å². The van der Waals surface area contributed by atoms with Crippen LogP contribution in [-0.2, 0) is 6.54 Å². The molecule has 2 rings (SSSR count). The molecular formula is C13H13FN2. The Hall–Kier alpha value is -1.74. The highest BCUT2D eigenvalue weighted by molar-refractivity contribution is 5.63. The minimum atomic E-state index is -0.215. The fourth-order valence-electron chi connectivity index (χ4n) is 1.63.